The number of hydrazine groups is 1. The molecule has 0 fully saturated rings. The lowest BCUT2D eigenvalue weighted by molar-refractivity contribution is 0.638. The van der Waals surface area contributed by atoms with Crippen molar-refractivity contribution in [2.75, 3.05) is 0 Å². The zero-order chi connectivity index (χ0) is 13.0. The molecular formula is C13H18N4S. The average Bonchev–Trinajstić information content (AvgIpc) is 2.88. The summed E-state index contributed by atoms with van der Waals surface area (Å²) in [5.74, 6) is 5.71. The predicted octanol–water partition coefficient (Wildman–Crippen LogP) is 2.22. The molecule has 0 aliphatic carbocycles. The van der Waals surface area contributed by atoms with Gasteiger partial charge < -0.3 is 0 Å². The molecule has 0 saturated heterocycles. The molecule has 1 unspecified atom stereocenters. The molecular weight excluding hydrogens is 244 g/mol. The Morgan fingerprint density at radius 3 is 2.83 bits per heavy atom. The first kappa shape index (κ1) is 13.1. The van der Waals surface area contributed by atoms with Crippen molar-refractivity contribution < 1.29 is 0 Å². The van der Waals surface area contributed by atoms with Crippen LogP contribution in [0.2, 0.25) is 0 Å². The molecule has 18 heavy (non-hydrogen) atoms. The normalized spacial score (nSPS) is 12.6. The molecule has 0 saturated carbocycles. The second kappa shape index (κ2) is 6.04. The number of nitrogens with one attached hydrogen (secondary N) is 1. The van der Waals surface area contributed by atoms with Gasteiger partial charge in [0.1, 0.15) is 0 Å². The maximum absolute atomic E-state index is 5.71. The molecule has 1 aromatic carbocycles. The number of nitrogens with zero attached hydrogens (tertiary/aromatic N) is 2. The SMILES string of the molecule is CCc1cccc(C(NN)c2snnc2CC)c1. The van der Waals surface area contributed by atoms with Crippen LogP contribution < -0.4 is 11.3 Å². The van der Waals surface area contributed by atoms with Crippen molar-refractivity contribution >= 4 is 11.5 Å². The highest BCUT2D eigenvalue weighted by atomic mass is 32.1. The maximum Gasteiger partial charge on any atom is 0.0837 e. The van der Waals surface area contributed by atoms with E-state index in [0.29, 0.717) is 0 Å². The summed E-state index contributed by atoms with van der Waals surface area (Å²) >= 11 is 1.41. The minimum absolute atomic E-state index is 0.0218. The summed E-state index contributed by atoms with van der Waals surface area (Å²) in [5.41, 5.74) is 6.37. The molecule has 1 aromatic heterocycles. The first-order chi connectivity index (χ1) is 8.80. The Morgan fingerprint density at radius 2 is 2.17 bits per heavy atom. The van der Waals surface area contributed by atoms with Crippen LogP contribution in [0.1, 0.15) is 41.6 Å². The average molecular weight is 262 g/mol. The molecule has 96 valence electrons. The van der Waals surface area contributed by atoms with Gasteiger partial charge in [0.2, 0.25) is 0 Å². The summed E-state index contributed by atoms with van der Waals surface area (Å²) in [6.45, 7) is 4.23. The second-order valence-electron chi connectivity index (χ2n) is 4.14. The van der Waals surface area contributed by atoms with Gasteiger partial charge in [0, 0.05) is 0 Å². The Kier molecular flexibility index (Phi) is 4.41. The third-order valence-corrected chi connectivity index (χ3v) is 3.87. The van der Waals surface area contributed by atoms with Crippen molar-refractivity contribution in [1.82, 2.24) is 15.0 Å². The Bertz CT molecular complexity index is 509. The van der Waals surface area contributed by atoms with E-state index in [1.54, 1.807) is 0 Å². The fraction of sp³-hybridized carbons (Fsp3) is 0.385. The van der Waals surface area contributed by atoms with E-state index in [2.05, 4.69) is 53.1 Å². The number of benzene rings is 1. The molecule has 0 bridgehead atoms. The fourth-order valence-electron chi connectivity index (χ4n) is 2.00. The van der Waals surface area contributed by atoms with Crippen LogP contribution in [0.4, 0.5) is 0 Å². The van der Waals surface area contributed by atoms with E-state index in [1.807, 2.05) is 0 Å². The minimum Gasteiger partial charge on any atom is -0.271 e. The van der Waals surface area contributed by atoms with Crippen LogP contribution in [0, 0.1) is 0 Å². The molecule has 2 aromatic rings. The van der Waals surface area contributed by atoms with Crippen molar-refractivity contribution in [3.8, 4) is 0 Å². The van der Waals surface area contributed by atoms with Gasteiger partial charge in [0.15, 0.2) is 0 Å². The second-order valence-corrected chi connectivity index (χ2v) is 4.92. The van der Waals surface area contributed by atoms with Gasteiger partial charge in [-0.25, -0.2) is 5.43 Å². The fourth-order valence-corrected chi connectivity index (χ4v) is 2.82. The third kappa shape index (κ3) is 2.58. The van der Waals surface area contributed by atoms with Gasteiger partial charge in [-0.3, -0.25) is 5.84 Å². The molecule has 2 rings (SSSR count). The lowest BCUT2D eigenvalue weighted by Gasteiger charge is -2.16. The van der Waals surface area contributed by atoms with Gasteiger partial charge in [0.05, 0.1) is 16.6 Å². The molecule has 3 N–H and O–H groups in total. The Balaban J connectivity index is 2.38. The van der Waals surface area contributed by atoms with E-state index < -0.39 is 0 Å². The van der Waals surface area contributed by atoms with Crippen LogP contribution in [0.25, 0.3) is 0 Å². The highest BCUT2D eigenvalue weighted by molar-refractivity contribution is 7.05. The van der Waals surface area contributed by atoms with Crippen LogP contribution in [0.3, 0.4) is 0 Å². The first-order valence-electron chi connectivity index (χ1n) is 6.16. The molecule has 0 aliphatic rings. The van der Waals surface area contributed by atoms with Crippen molar-refractivity contribution in [2.24, 2.45) is 5.84 Å². The van der Waals surface area contributed by atoms with Crippen molar-refractivity contribution in [3.63, 3.8) is 0 Å². The van der Waals surface area contributed by atoms with Crippen molar-refractivity contribution in [1.29, 1.82) is 0 Å². The number of hydrogen-bond acceptors (Lipinski definition) is 5. The van der Waals surface area contributed by atoms with E-state index in [-0.39, 0.29) is 6.04 Å². The van der Waals surface area contributed by atoms with Gasteiger partial charge in [-0.05, 0) is 35.5 Å². The summed E-state index contributed by atoms with van der Waals surface area (Å²) in [4.78, 5) is 1.10. The largest absolute Gasteiger partial charge is 0.271 e. The maximum atomic E-state index is 5.71. The number of aryl methyl sites for hydroxylation is 2. The molecule has 1 heterocycles. The zero-order valence-corrected chi connectivity index (χ0v) is 11.5. The van der Waals surface area contributed by atoms with Gasteiger partial charge >= 0.3 is 0 Å². The summed E-state index contributed by atoms with van der Waals surface area (Å²) in [6, 6.07) is 8.44. The van der Waals surface area contributed by atoms with Crippen LogP contribution in [0.15, 0.2) is 24.3 Å². The lowest BCUT2D eigenvalue weighted by atomic mass is 10.0. The van der Waals surface area contributed by atoms with E-state index in [0.717, 1.165) is 29.0 Å². The van der Waals surface area contributed by atoms with Crippen LogP contribution >= 0.6 is 11.5 Å². The number of aromatic nitrogens is 2. The third-order valence-electron chi connectivity index (χ3n) is 3.04. The Morgan fingerprint density at radius 1 is 1.33 bits per heavy atom. The number of hydrogen-bond donors (Lipinski definition) is 2. The number of nitrogens with two attached hydrogens (primary N) is 1. The van der Waals surface area contributed by atoms with Crippen molar-refractivity contribution in [2.45, 2.75) is 32.7 Å². The highest BCUT2D eigenvalue weighted by Gasteiger charge is 2.19. The molecule has 4 nitrogen and oxygen atoms in total. The molecule has 0 radical (unpaired) electrons. The predicted molar refractivity (Wildman–Crippen MR) is 74.3 cm³/mol. The highest BCUT2D eigenvalue weighted by Crippen LogP contribution is 2.27. The molecule has 0 spiro atoms. The van der Waals surface area contributed by atoms with E-state index >= 15 is 0 Å². The summed E-state index contributed by atoms with van der Waals surface area (Å²) in [5, 5.41) is 4.14. The molecule has 0 aliphatic heterocycles. The monoisotopic (exact) mass is 262 g/mol. The van der Waals surface area contributed by atoms with E-state index in [4.69, 9.17) is 5.84 Å². The molecule has 0 amide bonds. The zero-order valence-electron chi connectivity index (χ0n) is 10.7. The summed E-state index contributed by atoms with van der Waals surface area (Å²) in [7, 11) is 0. The summed E-state index contributed by atoms with van der Waals surface area (Å²) < 4.78 is 4.03. The van der Waals surface area contributed by atoms with E-state index in [9.17, 15) is 0 Å². The quantitative estimate of drug-likeness (QED) is 0.640. The van der Waals surface area contributed by atoms with Gasteiger partial charge in [-0.2, -0.15) is 0 Å². The topological polar surface area (TPSA) is 63.8 Å². The minimum atomic E-state index is -0.0218. The summed E-state index contributed by atoms with van der Waals surface area (Å²) in [6.07, 6.45) is 1.89. The van der Waals surface area contributed by atoms with E-state index in [1.165, 1.54) is 17.1 Å². The molecule has 1 atom stereocenters. The van der Waals surface area contributed by atoms with Crippen LogP contribution in [0.5, 0.6) is 0 Å². The van der Waals surface area contributed by atoms with Crippen LogP contribution in [-0.2, 0) is 12.8 Å². The standard InChI is InChI=1S/C13H18N4S/c1-3-9-6-5-7-10(8-9)12(15-14)13-11(4-2)16-17-18-13/h5-8,12,15H,3-4,14H2,1-2H3. The van der Waals surface area contributed by atoms with Crippen molar-refractivity contribution in [3.05, 3.63) is 46.0 Å². The van der Waals surface area contributed by atoms with Gasteiger partial charge in [-0.1, -0.05) is 42.6 Å². The number of rotatable bonds is 5. The first-order valence-corrected chi connectivity index (χ1v) is 6.93. The van der Waals surface area contributed by atoms with Crippen LogP contribution in [-0.4, -0.2) is 9.59 Å². The smallest absolute Gasteiger partial charge is 0.0837 e. The van der Waals surface area contributed by atoms with Gasteiger partial charge in [0.25, 0.3) is 0 Å². The molecule has 5 heteroatoms. The Hall–Kier alpha value is -1.30. The Labute approximate surface area is 111 Å². The lowest BCUT2D eigenvalue weighted by Crippen LogP contribution is -2.29. The van der Waals surface area contributed by atoms with Gasteiger partial charge in [-0.15, -0.1) is 5.10 Å².